The van der Waals surface area contributed by atoms with Crippen LogP contribution in [0.3, 0.4) is 0 Å². The van der Waals surface area contributed by atoms with Crippen LogP contribution in [0, 0.1) is 10.1 Å². The summed E-state index contributed by atoms with van der Waals surface area (Å²) < 4.78 is 0. The molecule has 0 saturated heterocycles. The molecule has 4 N–H and O–H groups in total. The van der Waals surface area contributed by atoms with Gasteiger partial charge in [-0.05, 0) is 18.6 Å². The minimum Gasteiger partial charge on any atom is -0.396 e. The van der Waals surface area contributed by atoms with Crippen molar-refractivity contribution in [1.29, 1.82) is 0 Å². The summed E-state index contributed by atoms with van der Waals surface area (Å²) in [5.41, 5.74) is 5.30. The molecular weight excluding hydrogens is 274 g/mol. The molecule has 0 aliphatic heterocycles. The fraction of sp³-hybridized carbons (Fsp3) is 0.300. The van der Waals surface area contributed by atoms with Crippen molar-refractivity contribution < 1.29 is 10.0 Å². The predicted molar refractivity (Wildman–Crippen MR) is 70.8 cm³/mol. The number of aliphatic hydroxyl groups excluding tert-OH is 1. The highest BCUT2D eigenvalue weighted by Crippen LogP contribution is 2.08. The summed E-state index contributed by atoms with van der Waals surface area (Å²) in [4.78, 5) is 13.8. The van der Waals surface area contributed by atoms with Crippen LogP contribution in [0.5, 0.6) is 0 Å². The molecule has 1 rings (SSSR count). The van der Waals surface area contributed by atoms with Crippen molar-refractivity contribution >= 4 is 17.4 Å². The molecule has 0 amide bonds. The van der Waals surface area contributed by atoms with E-state index in [-0.39, 0.29) is 12.4 Å². The molecule has 0 spiro atoms. The van der Waals surface area contributed by atoms with Gasteiger partial charge in [0.25, 0.3) is 6.20 Å². The largest absolute Gasteiger partial charge is 0.396 e. The van der Waals surface area contributed by atoms with Crippen LogP contribution < -0.4 is 16.2 Å². The predicted octanol–water partition coefficient (Wildman–Crippen LogP) is 0.699. The SMILES string of the molecule is O=[N+]([O-])/C=C(/NCCCO)NNc1ccc(Cl)cn1. The summed E-state index contributed by atoms with van der Waals surface area (Å²) in [7, 11) is 0. The zero-order valence-electron chi connectivity index (χ0n) is 9.97. The monoisotopic (exact) mass is 287 g/mol. The molecule has 1 aromatic heterocycles. The molecule has 0 bridgehead atoms. The highest BCUT2D eigenvalue weighted by Gasteiger charge is 2.02. The summed E-state index contributed by atoms with van der Waals surface area (Å²) >= 11 is 5.68. The maximum Gasteiger partial charge on any atom is 0.275 e. The molecular formula is C10H14ClN5O3. The van der Waals surface area contributed by atoms with E-state index in [9.17, 15) is 10.1 Å². The number of aliphatic hydroxyl groups is 1. The Labute approximate surface area is 114 Å². The van der Waals surface area contributed by atoms with Crippen LogP contribution in [0.25, 0.3) is 0 Å². The fourth-order valence-corrected chi connectivity index (χ4v) is 1.22. The highest BCUT2D eigenvalue weighted by molar-refractivity contribution is 6.30. The first-order valence-electron chi connectivity index (χ1n) is 5.45. The lowest BCUT2D eigenvalue weighted by Gasteiger charge is -2.12. The van der Waals surface area contributed by atoms with Gasteiger partial charge in [0.05, 0.1) is 9.95 Å². The maximum atomic E-state index is 10.4. The third kappa shape index (κ3) is 6.43. The van der Waals surface area contributed by atoms with Gasteiger partial charge in [-0.25, -0.2) is 4.98 Å². The Morgan fingerprint density at radius 2 is 2.37 bits per heavy atom. The average molecular weight is 288 g/mol. The van der Waals surface area contributed by atoms with Crippen LogP contribution >= 0.6 is 11.6 Å². The number of halogens is 1. The molecule has 104 valence electrons. The number of nitrogens with one attached hydrogen (secondary N) is 3. The van der Waals surface area contributed by atoms with Gasteiger partial charge in [0.1, 0.15) is 5.82 Å². The van der Waals surface area contributed by atoms with Crippen molar-refractivity contribution in [1.82, 2.24) is 15.7 Å². The molecule has 0 aromatic carbocycles. The summed E-state index contributed by atoms with van der Waals surface area (Å²) in [6, 6.07) is 3.25. The molecule has 19 heavy (non-hydrogen) atoms. The Bertz CT molecular complexity index is 437. The molecule has 1 aromatic rings. The van der Waals surface area contributed by atoms with E-state index in [0.29, 0.717) is 23.8 Å². The lowest BCUT2D eigenvalue weighted by Crippen LogP contribution is -2.32. The van der Waals surface area contributed by atoms with Gasteiger partial charge in [-0.2, -0.15) is 0 Å². The van der Waals surface area contributed by atoms with Gasteiger partial charge >= 0.3 is 0 Å². The minimum atomic E-state index is -0.592. The third-order valence-corrected chi connectivity index (χ3v) is 2.16. The van der Waals surface area contributed by atoms with Gasteiger partial charge in [-0.3, -0.25) is 21.0 Å². The molecule has 8 nitrogen and oxygen atoms in total. The third-order valence-electron chi connectivity index (χ3n) is 1.94. The van der Waals surface area contributed by atoms with Crippen LogP contribution in [0.1, 0.15) is 6.42 Å². The van der Waals surface area contributed by atoms with E-state index >= 15 is 0 Å². The van der Waals surface area contributed by atoms with Crippen LogP contribution in [0.15, 0.2) is 30.4 Å². The van der Waals surface area contributed by atoms with Gasteiger partial charge in [0.2, 0.25) is 0 Å². The zero-order valence-corrected chi connectivity index (χ0v) is 10.7. The Balaban J connectivity index is 2.52. The van der Waals surface area contributed by atoms with E-state index in [1.54, 1.807) is 12.1 Å². The van der Waals surface area contributed by atoms with Crippen molar-refractivity contribution in [2.24, 2.45) is 0 Å². The smallest absolute Gasteiger partial charge is 0.275 e. The number of hydrazine groups is 1. The number of nitro groups is 1. The van der Waals surface area contributed by atoms with Gasteiger partial charge in [-0.15, -0.1) is 0 Å². The number of aromatic nitrogens is 1. The number of pyridine rings is 1. The number of nitrogens with zero attached hydrogens (tertiary/aromatic N) is 2. The van der Waals surface area contributed by atoms with Crippen LogP contribution in [0.4, 0.5) is 5.82 Å². The van der Waals surface area contributed by atoms with Crippen LogP contribution in [-0.4, -0.2) is 28.2 Å². The molecule has 0 unspecified atom stereocenters. The van der Waals surface area contributed by atoms with Gasteiger partial charge in [0, 0.05) is 19.3 Å². The summed E-state index contributed by atoms with van der Waals surface area (Å²) in [6.07, 6.45) is 2.71. The second-order valence-corrected chi connectivity index (χ2v) is 3.88. The van der Waals surface area contributed by atoms with E-state index in [0.717, 1.165) is 6.20 Å². The quantitative estimate of drug-likeness (QED) is 0.316. The fourth-order valence-electron chi connectivity index (χ4n) is 1.11. The molecule has 0 saturated carbocycles. The van der Waals surface area contributed by atoms with Crippen molar-refractivity contribution in [3.8, 4) is 0 Å². The topological polar surface area (TPSA) is 112 Å². The van der Waals surface area contributed by atoms with Crippen molar-refractivity contribution in [3.63, 3.8) is 0 Å². The zero-order chi connectivity index (χ0) is 14.1. The molecule has 0 fully saturated rings. The van der Waals surface area contributed by atoms with Crippen LogP contribution in [0.2, 0.25) is 5.02 Å². The standard InChI is InChI=1S/C10H14ClN5O3/c11-8-2-3-9(13-6-8)14-15-10(7-16(18)19)12-4-1-5-17/h2-3,6-7,12,15,17H,1,4-5H2,(H,13,14)/b10-7-. The van der Waals surface area contributed by atoms with E-state index in [2.05, 4.69) is 21.2 Å². The van der Waals surface area contributed by atoms with E-state index in [4.69, 9.17) is 16.7 Å². The normalized spacial score (nSPS) is 10.9. The van der Waals surface area contributed by atoms with Gasteiger partial charge in [-0.1, -0.05) is 11.6 Å². The maximum absolute atomic E-state index is 10.4. The van der Waals surface area contributed by atoms with E-state index in [1.165, 1.54) is 6.20 Å². The van der Waals surface area contributed by atoms with Crippen LogP contribution in [-0.2, 0) is 0 Å². The first-order valence-corrected chi connectivity index (χ1v) is 5.83. The number of rotatable bonds is 8. The van der Waals surface area contributed by atoms with Gasteiger partial charge in [0.15, 0.2) is 5.82 Å². The highest BCUT2D eigenvalue weighted by atomic mass is 35.5. The molecule has 9 heteroatoms. The molecule has 0 aliphatic rings. The number of hydrogen-bond acceptors (Lipinski definition) is 7. The lowest BCUT2D eigenvalue weighted by molar-refractivity contribution is -0.404. The minimum absolute atomic E-state index is 0.00487. The average Bonchev–Trinajstić information content (AvgIpc) is 2.37. The molecule has 0 aliphatic carbocycles. The van der Waals surface area contributed by atoms with E-state index < -0.39 is 4.92 Å². The molecule has 0 atom stereocenters. The first-order chi connectivity index (χ1) is 9.11. The number of hydrogen-bond donors (Lipinski definition) is 4. The summed E-state index contributed by atoms with van der Waals surface area (Å²) in [5, 5.41) is 22.3. The Kier molecular flexibility index (Phi) is 6.41. The Morgan fingerprint density at radius 1 is 1.58 bits per heavy atom. The lowest BCUT2D eigenvalue weighted by atomic mass is 10.4. The van der Waals surface area contributed by atoms with E-state index in [1.807, 2.05) is 0 Å². The van der Waals surface area contributed by atoms with Crippen molar-refractivity contribution in [2.75, 3.05) is 18.6 Å². The molecule has 1 heterocycles. The Hall–Kier alpha value is -2.06. The number of anilines is 1. The second-order valence-electron chi connectivity index (χ2n) is 3.44. The van der Waals surface area contributed by atoms with Crippen molar-refractivity contribution in [3.05, 3.63) is 45.5 Å². The van der Waals surface area contributed by atoms with Crippen molar-refractivity contribution in [2.45, 2.75) is 6.42 Å². The van der Waals surface area contributed by atoms with Gasteiger partial charge < -0.3 is 10.4 Å². The summed E-state index contributed by atoms with van der Waals surface area (Å²) in [5.74, 6) is 0.623. The second kappa shape index (κ2) is 8.11. The summed E-state index contributed by atoms with van der Waals surface area (Å²) in [6.45, 7) is 0.407. The Morgan fingerprint density at radius 3 is 2.95 bits per heavy atom. The first kappa shape index (κ1) is 15.0. The molecule has 0 radical (unpaired) electrons.